The summed E-state index contributed by atoms with van der Waals surface area (Å²) in [5.74, 6) is 0.101. The van der Waals surface area contributed by atoms with Gasteiger partial charge in [0.2, 0.25) is 0 Å². The Labute approximate surface area is 82.0 Å². The van der Waals surface area contributed by atoms with Gasteiger partial charge in [0.15, 0.2) is 11.5 Å². The molecule has 1 aromatic rings. The quantitative estimate of drug-likeness (QED) is 0.744. The summed E-state index contributed by atoms with van der Waals surface area (Å²) >= 11 is 0. The van der Waals surface area contributed by atoms with Crippen LogP contribution in [0.4, 0.5) is 0 Å². The molecule has 1 rings (SSSR count). The maximum atomic E-state index is 9.47. The van der Waals surface area contributed by atoms with Gasteiger partial charge >= 0.3 is 0 Å². The lowest BCUT2D eigenvalue weighted by atomic mass is 10.1. The number of aliphatic hydroxyl groups is 1. The summed E-state index contributed by atoms with van der Waals surface area (Å²) in [6.07, 6.45) is 0.436. The van der Waals surface area contributed by atoms with Gasteiger partial charge in [-0.2, -0.15) is 5.26 Å². The Hall–Kier alpha value is -1.73. The monoisotopic (exact) mass is 193 g/mol. The van der Waals surface area contributed by atoms with Crippen LogP contribution in [0.2, 0.25) is 0 Å². The van der Waals surface area contributed by atoms with E-state index >= 15 is 0 Å². The molecule has 0 saturated heterocycles. The van der Waals surface area contributed by atoms with Crippen LogP contribution < -0.4 is 4.74 Å². The molecule has 0 amide bonds. The van der Waals surface area contributed by atoms with Crippen molar-refractivity contribution >= 4 is 0 Å². The normalized spacial score (nSPS) is 9.50. The molecular weight excluding hydrogens is 182 g/mol. The first-order valence-electron chi connectivity index (χ1n) is 4.13. The van der Waals surface area contributed by atoms with Gasteiger partial charge in [-0.25, -0.2) is 0 Å². The Morgan fingerprint density at radius 3 is 2.71 bits per heavy atom. The van der Waals surface area contributed by atoms with E-state index in [-0.39, 0.29) is 23.7 Å². The van der Waals surface area contributed by atoms with Crippen LogP contribution in [0.3, 0.4) is 0 Å². The topological polar surface area (TPSA) is 73.5 Å². The van der Waals surface area contributed by atoms with Crippen molar-refractivity contribution in [2.24, 2.45) is 0 Å². The molecule has 0 aliphatic carbocycles. The largest absolute Gasteiger partial charge is 0.503 e. The van der Waals surface area contributed by atoms with Gasteiger partial charge in [-0.15, -0.1) is 0 Å². The van der Waals surface area contributed by atoms with Crippen molar-refractivity contribution in [1.29, 1.82) is 5.26 Å². The van der Waals surface area contributed by atoms with Gasteiger partial charge in [0.05, 0.1) is 12.7 Å². The smallest absolute Gasteiger partial charge is 0.175 e. The molecule has 1 aromatic carbocycles. The van der Waals surface area contributed by atoms with E-state index in [0.29, 0.717) is 6.42 Å². The SMILES string of the molecule is COc1cc(CCO)cc(C#N)c1O. The van der Waals surface area contributed by atoms with Crippen LogP contribution in [0.5, 0.6) is 11.5 Å². The second kappa shape index (κ2) is 4.49. The maximum Gasteiger partial charge on any atom is 0.175 e. The summed E-state index contributed by atoms with van der Waals surface area (Å²) in [6, 6.07) is 5.00. The highest BCUT2D eigenvalue weighted by molar-refractivity contribution is 5.53. The summed E-state index contributed by atoms with van der Waals surface area (Å²) in [7, 11) is 1.42. The minimum Gasteiger partial charge on any atom is -0.503 e. The standard InChI is InChI=1S/C10H11NO3/c1-14-9-5-7(2-3-12)4-8(6-11)10(9)13/h4-5,12-13H,2-3H2,1H3. The average molecular weight is 193 g/mol. The van der Waals surface area contributed by atoms with Crippen LogP contribution >= 0.6 is 0 Å². The minimum atomic E-state index is -0.156. The highest BCUT2D eigenvalue weighted by Crippen LogP contribution is 2.30. The fourth-order valence-corrected chi connectivity index (χ4v) is 1.18. The molecule has 2 N–H and O–H groups in total. The molecular formula is C10H11NO3. The first-order chi connectivity index (χ1) is 6.72. The molecule has 0 heterocycles. The molecule has 0 atom stereocenters. The van der Waals surface area contributed by atoms with Gasteiger partial charge < -0.3 is 14.9 Å². The molecule has 4 nitrogen and oxygen atoms in total. The molecule has 0 aliphatic rings. The molecule has 4 heteroatoms. The predicted octanol–water partition coefficient (Wildman–Crippen LogP) is 0.807. The molecule has 0 bridgehead atoms. The number of aliphatic hydroxyl groups excluding tert-OH is 1. The van der Waals surface area contributed by atoms with E-state index in [9.17, 15) is 5.11 Å². The van der Waals surface area contributed by atoms with Gasteiger partial charge in [0.25, 0.3) is 0 Å². The van der Waals surface area contributed by atoms with Crippen LogP contribution in [0.25, 0.3) is 0 Å². The highest BCUT2D eigenvalue weighted by atomic mass is 16.5. The van der Waals surface area contributed by atoms with E-state index in [0.717, 1.165) is 5.56 Å². The number of phenols is 1. The van der Waals surface area contributed by atoms with E-state index in [1.165, 1.54) is 13.2 Å². The third kappa shape index (κ3) is 1.95. The number of nitriles is 1. The Morgan fingerprint density at radius 1 is 1.50 bits per heavy atom. The van der Waals surface area contributed by atoms with Crippen molar-refractivity contribution in [2.75, 3.05) is 13.7 Å². The van der Waals surface area contributed by atoms with E-state index in [4.69, 9.17) is 15.1 Å². The molecule has 0 saturated carbocycles. The van der Waals surface area contributed by atoms with Crippen molar-refractivity contribution in [3.8, 4) is 17.6 Å². The molecule has 0 aromatic heterocycles. The number of hydrogen-bond acceptors (Lipinski definition) is 4. The molecule has 14 heavy (non-hydrogen) atoms. The fourth-order valence-electron chi connectivity index (χ4n) is 1.18. The Balaban J connectivity index is 3.19. The Kier molecular flexibility index (Phi) is 3.32. The zero-order chi connectivity index (χ0) is 10.6. The summed E-state index contributed by atoms with van der Waals surface area (Å²) in [6.45, 7) is -0.00119. The number of hydrogen-bond donors (Lipinski definition) is 2. The minimum absolute atomic E-state index is 0.00119. The van der Waals surface area contributed by atoms with Crippen LogP contribution in [0.15, 0.2) is 12.1 Å². The molecule has 74 valence electrons. The summed E-state index contributed by atoms with van der Waals surface area (Å²) in [5, 5.41) is 26.9. The van der Waals surface area contributed by atoms with Gasteiger partial charge in [0.1, 0.15) is 6.07 Å². The third-order valence-electron chi connectivity index (χ3n) is 1.88. The lowest BCUT2D eigenvalue weighted by Crippen LogP contribution is -1.94. The van der Waals surface area contributed by atoms with Crippen molar-refractivity contribution in [3.05, 3.63) is 23.3 Å². The van der Waals surface area contributed by atoms with Crippen molar-refractivity contribution < 1.29 is 14.9 Å². The Morgan fingerprint density at radius 2 is 2.21 bits per heavy atom. The van der Waals surface area contributed by atoms with Gasteiger partial charge in [-0.1, -0.05) is 0 Å². The van der Waals surface area contributed by atoms with Crippen molar-refractivity contribution in [2.45, 2.75) is 6.42 Å². The van der Waals surface area contributed by atoms with Gasteiger partial charge in [0, 0.05) is 6.61 Å². The van der Waals surface area contributed by atoms with E-state index in [1.807, 2.05) is 6.07 Å². The second-order valence-electron chi connectivity index (χ2n) is 2.78. The summed E-state index contributed by atoms with van der Waals surface area (Å²) in [4.78, 5) is 0. The number of phenolic OH excluding ortho intramolecular Hbond substituents is 1. The van der Waals surface area contributed by atoms with Crippen LogP contribution in [-0.4, -0.2) is 23.9 Å². The van der Waals surface area contributed by atoms with Crippen LogP contribution in [-0.2, 0) is 6.42 Å². The summed E-state index contributed by atoms with van der Waals surface area (Å²) < 4.78 is 4.89. The van der Waals surface area contributed by atoms with Crippen molar-refractivity contribution in [3.63, 3.8) is 0 Å². The molecule has 0 radical (unpaired) electrons. The Bertz CT molecular complexity index is 368. The highest BCUT2D eigenvalue weighted by Gasteiger charge is 2.09. The lowest BCUT2D eigenvalue weighted by molar-refractivity contribution is 0.299. The average Bonchev–Trinajstić information content (AvgIpc) is 2.20. The molecule has 0 spiro atoms. The number of nitrogens with zero attached hydrogens (tertiary/aromatic N) is 1. The van der Waals surface area contributed by atoms with Crippen molar-refractivity contribution in [1.82, 2.24) is 0 Å². The van der Waals surface area contributed by atoms with Crippen LogP contribution in [0, 0.1) is 11.3 Å². The maximum absolute atomic E-state index is 9.47. The number of benzene rings is 1. The third-order valence-corrected chi connectivity index (χ3v) is 1.88. The number of ether oxygens (including phenoxy) is 1. The molecule has 0 unspecified atom stereocenters. The van der Waals surface area contributed by atoms with Gasteiger partial charge in [-0.3, -0.25) is 0 Å². The summed E-state index contributed by atoms with van der Waals surface area (Å²) in [5.41, 5.74) is 0.923. The lowest BCUT2D eigenvalue weighted by Gasteiger charge is -2.07. The molecule has 0 aliphatic heterocycles. The van der Waals surface area contributed by atoms with E-state index < -0.39 is 0 Å². The van der Waals surface area contributed by atoms with E-state index in [1.54, 1.807) is 6.07 Å². The first-order valence-corrected chi connectivity index (χ1v) is 4.13. The first kappa shape index (κ1) is 10.4. The second-order valence-corrected chi connectivity index (χ2v) is 2.78. The zero-order valence-electron chi connectivity index (χ0n) is 7.82. The molecule has 0 fully saturated rings. The number of methoxy groups -OCH3 is 1. The van der Waals surface area contributed by atoms with E-state index in [2.05, 4.69) is 0 Å². The zero-order valence-corrected chi connectivity index (χ0v) is 7.82. The van der Waals surface area contributed by atoms with Gasteiger partial charge in [-0.05, 0) is 24.1 Å². The number of aromatic hydroxyl groups is 1. The van der Waals surface area contributed by atoms with Crippen LogP contribution in [0.1, 0.15) is 11.1 Å². The number of rotatable bonds is 3. The predicted molar refractivity (Wildman–Crippen MR) is 50.2 cm³/mol. The fraction of sp³-hybridized carbons (Fsp3) is 0.300.